The molecule has 2 aromatic rings. The van der Waals surface area contributed by atoms with E-state index in [9.17, 15) is 15.0 Å². The standard InChI is InChI=1S/C26H34O3/c1-16-9-10-19(12-17(2)24(28)29)20(11-16)13-18-14-21(25(3,4)5)23(27)22(15-18)26(6,7)8/h9-12,14-15,27H,13H2,1-8H3,(H,28,29). The maximum Gasteiger partial charge on any atom is 0.331 e. The molecule has 0 aliphatic heterocycles. The van der Waals surface area contributed by atoms with E-state index in [1.807, 2.05) is 19.1 Å². The molecule has 0 fully saturated rings. The Hall–Kier alpha value is -2.55. The number of hydrogen-bond donors (Lipinski definition) is 2. The third-order valence-electron chi connectivity index (χ3n) is 5.19. The lowest BCUT2D eigenvalue weighted by Gasteiger charge is -2.28. The van der Waals surface area contributed by atoms with E-state index in [0.29, 0.717) is 17.7 Å². The zero-order valence-corrected chi connectivity index (χ0v) is 19.0. The van der Waals surface area contributed by atoms with Gasteiger partial charge < -0.3 is 10.2 Å². The average molecular weight is 395 g/mol. The Kier molecular flexibility index (Phi) is 6.32. The lowest BCUT2D eigenvalue weighted by atomic mass is 9.77. The molecule has 0 heterocycles. The number of benzene rings is 2. The summed E-state index contributed by atoms with van der Waals surface area (Å²) in [6, 6.07) is 10.3. The number of carboxylic acid groups (broad SMARTS) is 1. The van der Waals surface area contributed by atoms with Crippen LogP contribution in [0.3, 0.4) is 0 Å². The van der Waals surface area contributed by atoms with Crippen molar-refractivity contribution in [2.45, 2.75) is 72.6 Å². The van der Waals surface area contributed by atoms with Crippen molar-refractivity contribution in [3.05, 3.63) is 69.3 Å². The maximum atomic E-state index is 11.3. The van der Waals surface area contributed by atoms with Crippen molar-refractivity contribution in [2.24, 2.45) is 0 Å². The van der Waals surface area contributed by atoms with E-state index < -0.39 is 5.97 Å². The third-order valence-corrected chi connectivity index (χ3v) is 5.19. The van der Waals surface area contributed by atoms with Crippen molar-refractivity contribution in [1.82, 2.24) is 0 Å². The Bertz CT molecular complexity index is 916. The van der Waals surface area contributed by atoms with Gasteiger partial charge in [-0.2, -0.15) is 0 Å². The van der Waals surface area contributed by atoms with Gasteiger partial charge in [0.05, 0.1) is 0 Å². The summed E-state index contributed by atoms with van der Waals surface area (Å²) in [4.78, 5) is 11.3. The van der Waals surface area contributed by atoms with Crippen molar-refractivity contribution in [3.63, 3.8) is 0 Å². The molecular weight excluding hydrogens is 360 g/mol. The minimum Gasteiger partial charge on any atom is -0.507 e. The number of hydrogen-bond acceptors (Lipinski definition) is 2. The SMILES string of the molecule is CC(=Cc1ccc(C)cc1Cc1cc(C(C)(C)C)c(O)c(C(C)(C)C)c1)C(=O)O. The second-order valence-electron chi connectivity index (χ2n) is 10.1. The van der Waals surface area contributed by atoms with Crippen LogP contribution in [0.25, 0.3) is 6.08 Å². The molecule has 0 amide bonds. The van der Waals surface area contributed by atoms with Crippen LogP contribution in [-0.4, -0.2) is 16.2 Å². The Labute approximate surface area is 175 Å². The number of carboxylic acids is 1. The highest BCUT2D eigenvalue weighted by molar-refractivity contribution is 5.91. The van der Waals surface area contributed by atoms with Crippen LogP contribution in [0.1, 0.15) is 81.8 Å². The summed E-state index contributed by atoms with van der Waals surface area (Å²) >= 11 is 0. The number of phenols is 1. The molecule has 0 bridgehead atoms. The lowest BCUT2D eigenvalue weighted by molar-refractivity contribution is -0.132. The molecule has 2 N–H and O–H groups in total. The van der Waals surface area contributed by atoms with Crippen LogP contribution in [0.5, 0.6) is 5.75 Å². The molecule has 0 spiro atoms. The summed E-state index contributed by atoms with van der Waals surface area (Å²) in [7, 11) is 0. The second kappa shape index (κ2) is 8.06. The molecule has 0 radical (unpaired) electrons. The lowest BCUT2D eigenvalue weighted by Crippen LogP contribution is -2.18. The van der Waals surface area contributed by atoms with Crippen LogP contribution in [0, 0.1) is 6.92 Å². The fraction of sp³-hybridized carbons (Fsp3) is 0.423. The molecule has 2 rings (SSSR count). The number of phenolic OH excluding ortho intramolecular Hbond substituents is 1. The quantitative estimate of drug-likeness (QED) is 0.592. The number of aryl methyl sites for hydroxylation is 1. The maximum absolute atomic E-state index is 11.3. The van der Waals surface area contributed by atoms with Gasteiger partial charge >= 0.3 is 5.97 Å². The van der Waals surface area contributed by atoms with Gasteiger partial charge in [0, 0.05) is 5.57 Å². The first-order valence-corrected chi connectivity index (χ1v) is 10.1. The van der Waals surface area contributed by atoms with Crippen molar-refractivity contribution < 1.29 is 15.0 Å². The number of aliphatic carboxylic acids is 1. The van der Waals surface area contributed by atoms with E-state index >= 15 is 0 Å². The highest BCUT2D eigenvalue weighted by Gasteiger charge is 2.26. The summed E-state index contributed by atoms with van der Waals surface area (Å²) in [5.41, 5.74) is 6.06. The Morgan fingerprint density at radius 1 is 0.966 bits per heavy atom. The Morgan fingerprint density at radius 3 is 1.93 bits per heavy atom. The molecule has 0 aliphatic rings. The summed E-state index contributed by atoms with van der Waals surface area (Å²) in [6.45, 7) is 16.3. The van der Waals surface area contributed by atoms with Gasteiger partial charge in [-0.15, -0.1) is 0 Å². The molecule has 29 heavy (non-hydrogen) atoms. The predicted molar refractivity (Wildman–Crippen MR) is 121 cm³/mol. The fourth-order valence-corrected chi connectivity index (χ4v) is 3.48. The normalized spacial score (nSPS) is 12.9. The molecule has 156 valence electrons. The van der Waals surface area contributed by atoms with Crippen LogP contribution in [0.4, 0.5) is 0 Å². The van der Waals surface area contributed by atoms with Gasteiger partial charge in [0.2, 0.25) is 0 Å². The monoisotopic (exact) mass is 394 g/mol. The molecule has 0 atom stereocenters. The van der Waals surface area contributed by atoms with Crippen LogP contribution in [-0.2, 0) is 22.0 Å². The molecule has 3 nitrogen and oxygen atoms in total. The smallest absolute Gasteiger partial charge is 0.331 e. The highest BCUT2D eigenvalue weighted by Crippen LogP contribution is 2.40. The molecule has 0 saturated heterocycles. The van der Waals surface area contributed by atoms with Crippen LogP contribution in [0.2, 0.25) is 0 Å². The average Bonchev–Trinajstić information content (AvgIpc) is 2.56. The van der Waals surface area contributed by atoms with Gasteiger partial charge in [0.25, 0.3) is 0 Å². The van der Waals surface area contributed by atoms with E-state index in [-0.39, 0.29) is 10.8 Å². The van der Waals surface area contributed by atoms with E-state index in [1.165, 1.54) is 0 Å². The first-order valence-electron chi connectivity index (χ1n) is 10.1. The third kappa shape index (κ3) is 5.50. The minimum absolute atomic E-state index is 0.185. The summed E-state index contributed by atoms with van der Waals surface area (Å²) in [5, 5.41) is 20.2. The van der Waals surface area contributed by atoms with Crippen LogP contribution >= 0.6 is 0 Å². The molecular formula is C26H34O3. The predicted octanol–water partition coefficient (Wildman–Crippen LogP) is 6.37. The molecule has 0 aromatic heterocycles. The summed E-state index contributed by atoms with van der Waals surface area (Å²) < 4.78 is 0. The minimum atomic E-state index is -0.911. The number of rotatable bonds is 4. The van der Waals surface area contributed by atoms with Gasteiger partial charge in [0.1, 0.15) is 5.75 Å². The van der Waals surface area contributed by atoms with E-state index in [0.717, 1.165) is 33.4 Å². The zero-order chi connectivity index (χ0) is 22.1. The van der Waals surface area contributed by atoms with Crippen molar-refractivity contribution in [1.29, 1.82) is 0 Å². The Morgan fingerprint density at radius 2 is 1.48 bits per heavy atom. The van der Waals surface area contributed by atoms with Crippen molar-refractivity contribution in [2.75, 3.05) is 0 Å². The first-order chi connectivity index (χ1) is 13.2. The molecule has 0 saturated carbocycles. The van der Waals surface area contributed by atoms with Gasteiger partial charge in [-0.25, -0.2) is 4.79 Å². The first kappa shape index (κ1) is 22.7. The van der Waals surface area contributed by atoms with Crippen LogP contribution in [0.15, 0.2) is 35.9 Å². The van der Waals surface area contributed by atoms with Gasteiger partial charge in [-0.3, -0.25) is 0 Å². The fourth-order valence-electron chi connectivity index (χ4n) is 3.48. The molecule has 0 unspecified atom stereocenters. The number of aromatic hydroxyl groups is 1. The molecule has 3 heteroatoms. The van der Waals surface area contributed by atoms with Gasteiger partial charge in [-0.05, 0) is 65.0 Å². The molecule has 2 aromatic carbocycles. The van der Waals surface area contributed by atoms with Gasteiger partial charge in [0.15, 0.2) is 0 Å². The summed E-state index contributed by atoms with van der Waals surface area (Å²) in [5.74, 6) is -0.536. The van der Waals surface area contributed by atoms with E-state index in [1.54, 1.807) is 13.0 Å². The van der Waals surface area contributed by atoms with Crippen LogP contribution < -0.4 is 0 Å². The highest BCUT2D eigenvalue weighted by atomic mass is 16.4. The summed E-state index contributed by atoms with van der Waals surface area (Å²) in [6.07, 6.45) is 2.40. The number of carbonyl (C=O) groups is 1. The Balaban J connectivity index is 2.65. The molecule has 0 aliphatic carbocycles. The van der Waals surface area contributed by atoms with Crippen molar-refractivity contribution >= 4 is 12.0 Å². The van der Waals surface area contributed by atoms with E-state index in [2.05, 4.69) is 59.7 Å². The van der Waals surface area contributed by atoms with E-state index in [4.69, 9.17) is 0 Å². The topological polar surface area (TPSA) is 57.5 Å². The van der Waals surface area contributed by atoms with Crippen molar-refractivity contribution in [3.8, 4) is 5.75 Å². The zero-order valence-electron chi connectivity index (χ0n) is 19.0. The van der Waals surface area contributed by atoms with Gasteiger partial charge in [-0.1, -0.05) is 77.4 Å². The second-order valence-corrected chi connectivity index (χ2v) is 10.1. The largest absolute Gasteiger partial charge is 0.507 e.